The van der Waals surface area contributed by atoms with E-state index >= 15 is 0 Å². The summed E-state index contributed by atoms with van der Waals surface area (Å²) < 4.78 is 11.0. The third kappa shape index (κ3) is 5.28. The van der Waals surface area contributed by atoms with Gasteiger partial charge in [-0.2, -0.15) is 0 Å². The molecule has 0 aromatic rings. The Morgan fingerprint density at radius 1 is 0.938 bits per heavy atom. The van der Waals surface area contributed by atoms with E-state index in [0.29, 0.717) is 19.8 Å². The lowest BCUT2D eigenvalue weighted by Crippen LogP contribution is -2.32. The smallest absolute Gasteiger partial charge is 0.0542 e. The third-order valence-corrected chi connectivity index (χ3v) is 3.48. The van der Waals surface area contributed by atoms with Gasteiger partial charge in [0.1, 0.15) is 0 Å². The lowest BCUT2D eigenvalue weighted by molar-refractivity contribution is -0.0417. The number of hydrogen-bond donors (Lipinski definition) is 1. The fourth-order valence-electron chi connectivity index (χ4n) is 1.40. The summed E-state index contributed by atoms with van der Waals surface area (Å²) in [6, 6.07) is 0. The van der Waals surface area contributed by atoms with E-state index in [1.165, 1.54) is 0 Å². The van der Waals surface area contributed by atoms with Gasteiger partial charge in [0.2, 0.25) is 0 Å². The molecule has 0 saturated carbocycles. The molecule has 0 bridgehead atoms. The molecule has 0 saturated heterocycles. The molecule has 0 amide bonds. The Kier molecular flexibility index (Phi) is 7.20. The Morgan fingerprint density at radius 2 is 1.44 bits per heavy atom. The van der Waals surface area contributed by atoms with Gasteiger partial charge in [-0.25, -0.2) is 0 Å². The van der Waals surface area contributed by atoms with Crippen LogP contribution in [0, 0.1) is 10.8 Å². The number of methoxy groups -OCH3 is 1. The van der Waals surface area contributed by atoms with Gasteiger partial charge in [-0.05, 0) is 12.8 Å². The zero-order valence-electron chi connectivity index (χ0n) is 11.5. The van der Waals surface area contributed by atoms with E-state index in [-0.39, 0.29) is 17.4 Å². The first kappa shape index (κ1) is 15.9. The van der Waals surface area contributed by atoms with E-state index in [9.17, 15) is 5.11 Å². The number of aliphatic hydroxyl groups excluding tert-OH is 1. The van der Waals surface area contributed by atoms with Crippen molar-refractivity contribution in [1.29, 1.82) is 0 Å². The van der Waals surface area contributed by atoms with E-state index in [1.54, 1.807) is 7.11 Å². The van der Waals surface area contributed by atoms with Gasteiger partial charge in [0.15, 0.2) is 0 Å². The molecule has 16 heavy (non-hydrogen) atoms. The Labute approximate surface area is 100 Å². The van der Waals surface area contributed by atoms with Gasteiger partial charge in [0.05, 0.1) is 26.4 Å². The predicted molar refractivity (Wildman–Crippen MR) is 66.6 cm³/mol. The fourth-order valence-corrected chi connectivity index (χ4v) is 1.40. The zero-order chi connectivity index (χ0) is 12.7. The highest BCUT2D eigenvalue weighted by Crippen LogP contribution is 2.25. The van der Waals surface area contributed by atoms with Crippen LogP contribution >= 0.6 is 0 Å². The van der Waals surface area contributed by atoms with E-state index in [0.717, 1.165) is 12.8 Å². The average molecular weight is 232 g/mol. The Hall–Kier alpha value is -0.120. The van der Waals surface area contributed by atoms with Crippen molar-refractivity contribution in [3.63, 3.8) is 0 Å². The molecule has 0 aliphatic rings. The molecule has 1 N–H and O–H groups in total. The topological polar surface area (TPSA) is 38.7 Å². The normalized spacial score (nSPS) is 19.1. The minimum absolute atomic E-state index is 0.0822. The van der Waals surface area contributed by atoms with Gasteiger partial charge >= 0.3 is 0 Å². The maximum atomic E-state index is 9.27. The highest BCUT2D eigenvalue weighted by Gasteiger charge is 2.26. The summed E-state index contributed by atoms with van der Waals surface area (Å²) in [4.78, 5) is 0. The molecule has 0 aromatic carbocycles. The number of hydrogen-bond acceptors (Lipinski definition) is 3. The molecule has 2 unspecified atom stereocenters. The highest BCUT2D eigenvalue weighted by molar-refractivity contribution is 4.74. The maximum Gasteiger partial charge on any atom is 0.0542 e. The summed E-state index contributed by atoms with van der Waals surface area (Å²) in [5, 5.41) is 9.27. The van der Waals surface area contributed by atoms with Crippen LogP contribution in [-0.2, 0) is 9.47 Å². The van der Waals surface area contributed by atoms with Gasteiger partial charge in [-0.15, -0.1) is 0 Å². The van der Waals surface area contributed by atoms with Crippen molar-refractivity contribution in [3.8, 4) is 0 Å². The molecule has 0 rings (SSSR count). The van der Waals surface area contributed by atoms with Crippen LogP contribution in [0.2, 0.25) is 0 Å². The maximum absolute atomic E-state index is 9.27. The standard InChI is InChI=1S/C13H28O3/c1-6-12(3,8-14)10-16-11-13(4,7-2)9-15-5/h14H,6-11H2,1-5H3. The van der Waals surface area contributed by atoms with Crippen LogP contribution in [0.15, 0.2) is 0 Å². The van der Waals surface area contributed by atoms with Crippen LogP contribution in [0.25, 0.3) is 0 Å². The molecular formula is C13H28O3. The van der Waals surface area contributed by atoms with Crippen molar-refractivity contribution >= 4 is 0 Å². The van der Waals surface area contributed by atoms with Crippen molar-refractivity contribution in [3.05, 3.63) is 0 Å². The molecule has 2 atom stereocenters. The van der Waals surface area contributed by atoms with Gasteiger partial charge < -0.3 is 14.6 Å². The molecule has 0 fully saturated rings. The monoisotopic (exact) mass is 232 g/mol. The van der Waals surface area contributed by atoms with Crippen molar-refractivity contribution in [2.75, 3.05) is 33.5 Å². The van der Waals surface area contributed by atoms with Crippen LogP contribution in [0.3, 0.4) is 0 Å². The Morgan fingerprint density at radius 3 is 1.81 bits per heavy atom. The second-order valence-electron chi connectivity index (χ2n) is 5.41. The average Bonchev–Trinajstić information content (AvgIpc) is 2.29. The summed E-state index contributed by atoms with van der Waals surface area (Å²) in [6.45, 7) is 10.6. The molecule has 0 radical (unpaired) electrons. The van der Waals surface area contributed by atoms with Crippen LogP contribution in [-0.4, -0.2) is 38.6 Å². The summed E-state index contributed by atoms with van der Waals surface area (Å²) in [5.41, 5.74) is -0.0272. The molecule has 0 aliphatic carbocycles. The zero-order valence-corrected chi connectivity index (χ0v) is 11.5. The second kappa shape index (κ2) is 7.25. The van der Waals surface area contributed by atoms with Gasteiger partial charge in [-0.1, -0.05) is 27.7 Å². The lowest BCUT2D eigenvalue weighted by Gasteiger charge is -2.31. The van der Waals surface area contributed by atoms with Crippen LogP contribution in [0.1, 0.15) is 40.5 Å². The van der Waals surface area contributed by atoms with Crippen LogP contribution in [0.5, 0.6) is 0 Å². The first-order chi connectivity index (χ1) is 7.45. The predicted octanol–water partition coefficient (Wildman–Crippen LogP) is 2.47. The summed E-state index contributed by atoms with van der Waals surface area (Å²) in [6.07, 6.45) is 1.96. The molecule has 98 valence electrons. The molecule has 3 heteroatoms. The number of aliphatic hydroxyl groups is 1. The molecule has 3 nitrogen and oxygen atoms in total. The van der Waals surface area contributed by atoms with Crippen molar-refractivity contribution in [2.45, 2.75) is 40.5 Å². The van der Waals surface area contributed by atoms with E-state index < -0.39 is 0 Å². The molecule has 0 aliphatic heterocycles. The first-order valence-electron chi connectivity index (χ1n) is 6.13. The van der Waals surface area contributed by atoms with E-state index in [4.69, 9.17) is 9.47 Å². The van der Waals surface area contributed by atoms with Crippen LogP contribution < -0.4 is 0 Å². The lowest BCUT2D eigenvalue weighted by atomic mass is 9.88. The van der Waals surface area contributed by atoms with Gasteiger partial charge in [0.25, 0.3) is 0 Å². The number of rotatable bonds is 9. The summed E-state index contributed by atoms with van der Waals surface area (Å²) >= 11 is 0. The first-order valence-corrected chi connectivity index (χ1v) is 6.13. The van der Waals surface area contributed by atoms with Gasteiger partial charge in [-0.3, -0.25) is 0 Å². The Bertz CT molecular complexity index is 178. The second-order valence-corrected chi connectivity index (χ2v) is 5.41. The van der Waals surface area contributed by atoms with E-state index in [1.807, 2.05) is 6.92 Å². The van der Waals surface area contributed by atoms with Gasteiger partial charge in [0, 0.05) is 17.9 Å². The molecular weight excluding hydrogens is 204 g/mol. The van der Waals surface area contributed by atoms with Crippen molar-refractivity contribution in [1.82, 2.24) is 0 Å². The SMILES string of the molecule is CCC(C)(CO)COCC(C)(CC)COC. The largest absolute Gasteiger partial charge is 0.396 e. The Balaban J connectivity index is 4.03. The summed E-state index contributed by atoms with van der Waals surface area (Å²) in [5.74, 6) is 0. The van der Waals surface area contributed by atoms with Crippen LogP contribution in [0.4, 0.5) is 0 Å². The molecule has 0 heterocycles. The number of ether oxygens (including phenoxy) is 2. The minimum atomic E-state index is -0.109. The fraction of sp³-hybridized carbons (Fsp3) is 1.00. The summed E-state index contributed by atoms with van der Waals surface area (Å²) in [7, 11) is 1.72. The quantitative estimate of drug-likeness (QED) is 0.664. The highest BCUT2D eigenvalue weighted by atomic mass is 16.5. The van der Waals surface area contributed by atoms with Crippen molar-refractivity contribution in [2.24, 2.45) is 10.8 Å². The minimum Gasteiger partial charge on any atom is -0.396 e. The molecule has 0 spiro atoms. The molecule has 0 aromatic heterocycles. The van der Waals surface area contributed by atoms with Crippen molar-refractivity contribution < 1.29 is 14.6 Å². The van der Waals surface area contributed by atoms with E-state index in [2.05, 4.69) is 20.8 Å². The third-order valence-electron chi connectivity index (χ3n) is 3.48.